The molecule has 2 heterocycles. The summed E-state index contributed by atoms with van der Waals surface area (Å²) in [7, 11) is -3.74. The van der Waals surface area contributed by atoms with Gasteiger partial charge >= 0.3 is 0 Å². The van der Waals surface area contributed by atoms with Crippen molar-refractivity contribution in [3.8, 4) is 5.75 Å². The van der Waals surface area contributed by atoms with Crippen molar-refractivity contribution in [2.45, 2.75) is 51.0 Å². The van der Waals surface area contributed by atoms with Gasteiger partial charge in [-0.1, -0.05) is 44.2 Å². The van der Waals surface area contributed by atoms with Crippen LogP contribution in [0.2, 0.25) is 0 Å². The molecule has 3 atom stereocenters. The first kappa shape index (κ1) is 26.2. The minimum atomic E-state index is -3.74. The smallest absolute Gasteiger partial charge is 0.265 e. The number of nitrogens with zero attached hydrogens (tertiary/aromatic N) is 2. The lowest BCUT2D eigenvalue weighted by molar-refractivity contribution is -0.125. The Hall–Kier alpha value is -2.91. The lowest BCUT2D eigenvalue weighted by atomic mass is 9.94. The Labute approximate surface area is 213 Å². The number of aryl methyl sites for hydroxylation is 1. The van der Waals surface area contributed by atoms with Gasteiger partial charge in [0.2, 0.25) is 15.9 Å². The molecular weight excluding hydrogens is 478 g/mol. The number of sulfonamides is 1. The summed E-state index contributed by atoms with van der Waals surface area (Å²) in [5.74, 6) is 0.247. The number of ether oxygens (including phenoxy) is 1. The zero-order chi connectivity index (χ0) is 25.9. The highest BCUT2D eigenvalue weighted by Gasteiger charge is 2.34. The van der Waals surface area contributed by atoms with Crippen molar-refractivity contribution in [2.75, 3.05) is 31.1 Å². The van der Waals surface area contributed by atoms with Gasteiger partial charge in [-0.05, 0) is 61.8 Å². The highest BCUT2D eigenvalue weighted by atomic mass is 32.2. The summed E-state index contributed by atoms with van der Waals surface area (Å²) < 4.78 is 33.9. The Morgan fingerprint density at radius 3 is 2.50 bits per heavy atom. The van der Waals surface area contributed by atoms with Gasteiger partial charge in [0.15, 0.2) is 6.61 Å². The fraction of sp³-hybridized carbons (Fsp3) is 0.481. The molecule has 2 aliphatic heterocycles. The monoisotopic (exact) mass is 513 g/mol. The molecule has 2 aliphatic rings. The van der Waals surface area contributed by atoms with Crippen LogP contribution in [0, 0.1) is 11.8 Å². The fourth-order valence-corrected chi connectivity index (χ4v) is 6.73. The first-order valence-corrected chi connectivity index (χ1v) is 14.0. The number of hydrogen-bond acceptors (Lipinski definition) is 5. The molecule has 3 unspecified atom stereocenters. The average molecular weight is 514 g/mol. The summed E-state index contributed by atoms with van der Waals surface area (Å²) >= 11 is 0. The molecule has 194 valence electrons. The summed E-state index contributed by atoms with van der Waals surface area (Å²) in [6, 6.07) is 14.5. The second-order valence-corrected chi connectivity index (χ2v) is 12.1. The molecule has 8 nitrogen and oxygen atoms in total. The van der Waals surface area contributed by atoms with E-state index in [0.717, 1.165) is 19.3 Å². The standard InChI is InChI=1S/C27H35N3O5S/c1-19-13-20(2)16-29(15-19)36(33,34)23-11-12-25-24(14-23)30(27(32)18-35-25)17-26(31)28-21(3)9-10-22-7-5-4-6-8-22/h4-8,11-12,14,19-21H,9-10,13,15-18H2,1-3H3,(H,28,31). The van der Waals surface area contributed by atoms with Crippen molar-refractivity contribution in [3.05, 3.63) is 54.1 Å². The molecule has 1 N–H and O–H groups in total. The number of anilines is 1. The normalized spacial score (nSPS) is 21.4. The van der Waals surface area contributed by atoms with E-state index in [-0.39, 0.29) is 47.7 Å². The van der Waals surface area contributed by atoms with Crippen molar-refractivity contribution in [3.63, 3.8) is 0 Å². The molecule has 36 heavy (non-hydrogen) atoms. The van der Waals surface area contributed by atoms with Crippen molar-refractivity contribution >= 4 is 27.5 Å². The molecule has 1 fully saturated rings. The third kappa shape index (κ3) is 6.07. The second-order valence-electron chi connectivity index (χ2n) is 10.2. The maximum absolute atomic E-state index is 13.4. The molecule has 2 amide bonds. The van der Waals surface area contributed by atoms with Gasteiger partial charge in [-0.2, -0.15) is 4.31 Å². The Bertz CT molecular complexity index is 1190. The van der Waals surface area contributed by atoms with Crippen molar-refractivity contribution < 1.29 is 22.7 Å². The van der Waals surface area contributed by atoms with E-state index < -0.39 is 10.0 Å². The van der Waals surface area contributed by atoms with Gasteiger partial charge in [-0.3, -0.25) is 14.5 Å². The van der Waals surface area contributed by atoms with E-state index in [1.807, 2.05) is 25.1 Å². The number of piperidine rings is 1. The number of rotatable bonds is 8. The minimum Gasteiger partial charge on any atom is -0.482 e. The molecular formula is C27H35N3O5S. The Morgan fingerprint density at radius 1 is 1.11 bits per heavy atom. The predicted octanol–water partition coefficient (Wildman–Crippen LogP) is 3.22. The van der Waals surface area contributed by atoms with E-state index in [2.05, 4.69) is 31.3 Å². The molecule has 0 bridgehead atoms. The third-order valence-corrected chi connectivity index (χ3v) is 8.59. The summed E-state index contributed by atoms with van der Waals surface area (Å²) in [5.41, 5.74) is 1.50. The molecule has 0 aromatic heterocycles. The van der Waals surface area contributed by atoms with Gasteiger partial charge in [0.1, 0.15) is 12.3 Å². The van der Waals surface area contributed by atoms with Crippen LogP contribution in [0.3, 0.4) is 0 Å². The molecule has 0 aliphatic carbocycles. The van der Waals surface area contributed by atoms with E-state index in [0.29, 0.717) is 24.5 Å². The first-order chi connectivity index (χ1) is 17.1. The van der Waals surface area contributed by atoms with E-state index >= 15 is 0 Å². The van der Waals surface area contributed by atoms with Crippen LogP contribution >= 0.6 is 0 Å². The van der Waals surface area contributed by atoms with Crippen LogP contribution in [0.25, 0.3) is 0 Å². The third-order valence-electron chi connectivity index (χ3n) is 6.76. The average Bonchev–Trinajstić information content (AvgIpc) is 2.84. The molecule has 0 radical (unpaired) electrons. The zero-order valence-electron chi connectivity index (χ0n) is 21.1. The number of carbonyl (C=O) groups excluding carboxylic acids is 2. The summed E-state index contributed by atoms with van der Waals surface area (Å²) in [6.45, 7) is 6.57. The Balaban J connectivity index is 1.47. The number of hydrogen-bond donors (Lipinski definition) is 1. The molecule has 0 spiro atoms. The summed E-state index contributed by atoms with van der Waals surface area (Å²) in [5, 5.41) is 2.95. The van der Waals surface area contributed by atoms with Crippen LogP contribution < -0.4 is 15.0 Å². The number of fused-ring (bicyclic) bond motifs is 1. The van der Waals surface area contributed by atoms with Gasteiger partial charge in [0.25, 0.3) is 5.91 Å². The van der Waals surface area contributed by atoms with E-state index in [4.69, 9.17) is 4.74 Å². The molecule has 2 aromatic rings. The Kier molecular flexibility index (Phi) is 8.00. The van der Waals surface area contributed by atoms with Crippen molar-refractivity contribution in [1.82, 2.24) is 9.62 Å². The van der Waals surface area contributed by atoms with Crippen molar-refractivity contribution in [2.24, 2.45) is 11.8 Å². The maximum Gasteiger partial charge on any atom is 0.265 e. The molecule has 1 saturated heterocycles. The summed E-state index contributed by atoms with van der Waals surface area (Å²) in [4.78, 5) is 26.9. The minimum absolute atomic E-state index is 0.0805. The lowest BCUT2D eigenvalue weighted by Gasteiger charge is -2.34. The van der Waals surface area contributed by atoms with E-state index in [1.165, 1.54) is 26.9 Å². The van der Waals surface area contributed by atoms with Crippen LogP contribution in [0.4, 0.5) is 5.69 Å². The van der Waals surface area contributed by atoms with Crippen LogP contribution in [0.5, 0.6) is 5.75 Å². The largest absolute Gasteiger partial charge is 0.482 e. The lowest BCUT2D eigenvalue weighted by Crippen LogP contribution is -2.47. The van der Waals surface area contributed by atoms with Crippen LogP contribution in [0.1, 0.15) is 39.2 Å². The van der Waals surface area contributed by atoms with E-state index in [9.17, 15) is 18.0 Å². The number of benzene rings is 2. The van der Waals surface area contributed by atoms with Gasteiger partial charge in [-0.25, -0.2) is 8.42 Å². The van der Waals surface area contributed by atoms with Gasteiger partial charge in [-0.15, -0.1) is 0 Å². The molecule has 2 aromatic carbocycles. The number of amides is 2. The van der Waals surface area contributed by atoms with E-state index in [1.54, 1.807) is 6.07 Å². The molecule has 0 saturated carbocycles. The number of carbonyl (C=O) groups is 2. The van der Waals surface area contributed by atoms with Gasteiger partial charge in [0.05, 0.1) is 10.6 Å². The topological polar surface area (TPSA) is 96.0 Å². The van der Waals surface area contributed by atoms with Crippen LogP contribution in [-0.4, -0.2) is 56.8 Å². The van der Waals surface area contributed by atoms with Gasteiger partial charge in [0, 0.05) is 19.1 Å². The molecule has 4 rings (SSSR count). The fourth-order valence-electron chi connectivity index (χ4n) is 5.03. The second kappa shape index (κ2) is 11.0. The highest BCUT2D eigenvalue weighted by Crippen LogP contribution is 2.36. The zero-order valence-corrected chi connectivity index (χ0v) is 22.0. The van der Waals surface area contributed by atoms with Gasteiger partial charge < -0.3 is 10.1 Å². The van der Waals surface area contributed by atoms with Crippen molar-refractivity contribution in [1.29, 1.82) is 0 Å². The first-order valence-electron chi connectivity index (χ1n) is 12.5. The van der Waals surface area contributed by atoms with Crippen LogP contribution in [0.15, 0.2) is 53.4 Å². The highest BCUT2D eigenvalue weighted by molar-refractivity contribution is 7.89. The quantitative estimate of drug-likeness (QED) is 0.585. The molecule has 9 heteroatoms. The predicted molar refractivity (Wildman–Crippen MR) is 138 cm³/mol. The summed E-state index contributed by atoms with van der Waals surface area (Å²) in [6.07, 6.45) is 2.58. The Morgan fingerprint density at radius 2 is 1.81 bits per heavy atom. The SMILES string of the molecule is CC1CC(C)CN(S(=O)(=O)c2ccc3c(c2)N(CC(=O)NC(C)CCc2ccccc2)C(=O)CO3)C1. The van der Waals surface area contributed by atoms with Crippen LogP contribution in [-0.2, 0) is 26.0 Å². The number of nitrogens with one attached hydrogen (secondary N) is 1. The maximum atomic E-state index is 13.4.